The lowest BCUT2D eigenvalue weighted by molar-refractivity contribution is 0.0659. The maximum Gasteiger partial charge on any atom is 0.371 e. The molecule has 18 heavy (non-hydrogen) atoms. The van der Waals surface area contributed by atoms with Gasteiger partial charge in [-0.15, -0.1) is 0 Å². The van der Waals surface area contributed by atoms with Crippen LogP contribution in [0.1, 0.15) is 35.1 Å². The summed E-state index contributed by atoms with van der Waals surface area (Å²) in [6.45, 7) is 2.50. The highest BCUT2D eigenvalue weighted by atomic mass is 16.4. The number of aryl methyl sites for hydroxylation is 1. The summed E-state index contributed by atoms with van der Waals surface area (Å²) < 4.78 is 7.14. The molecule has 0 aromatic carbocycles. The first-order valence-corrected chi connectivity index (χ1v) is 5.60. The minimum Gasteiger partial charge on any atom is -0.475 e. The predicted octanol–water partition coefficient (Wildman–Crippen LogP) is 1.56. The zero-order valence-corrected chi connectivity index (χ0v) is 10.3. The number of nitrogens with zero attached hydrogens (tertiary/aromatic N) is 2. The van der Waals surface area contributed by atoms with Gasteiger partial charge in [0.2, 0.25) is 5.76 Å². The van der Waals surface area contributed by atoms with Crippen LogP contribution in [0.25, 0.3) is 0 Å². The molecule has 0 radical (unpaired) electrons. The third-order valence-electron chi connectivity index (χ3n) is 2.75. The second kappa shape index (κ2) is 5.05. The zero-order valence-electron chi connectivity index (χ0n) is 10.3. The number of furan rings is 1. The van der Waals surface area contributed by atoms with E-state index in [1.54, 1.807) is 12.3 Å². The summed E-state index contributed by atoms with van der Waals surface area (Å²) in [4.78, 5) is 14.9. The van der Waals surface area contributed by atoms with Crippen molar-refractivity contribution in [3.8, 4) is 0 Å². The third kappa shape index (κ3) is 2.60. The van der Waals surface area contributed by atoms with E-state index < -0.39 is 5.97 Å². The van der Waals surface area contributed by atoms with E-state index in [9.17, 15) is 4.79 Å². The molecular weight excluding hydrogens is 234 g/mol. The first-order chi connectivity index (χ1) is 8.58. The molecule has 0 fully saturated rings. The van der Waals surface area contributed by atoms with Gasteiger partial charge in [0, 0.05) is 19.4 Å². The Morgan fingerprint density at radius 3 is 2.94 bits per heavy atom. The van der Waals surface area contributed by atoms with E-state index in [4.69, 9.17) is 9.52 Å². The molecule has 2 aromatic heterocycles. The molecule has 96 valence electrons. The lowest BCUT2D eigenvalue weighted by atomic mass is 10.2. The molecule has 2 aromatic rings. The molecule has 0 aliphatic carbocycles. The van der Waals surface area contributed by atoms with Gasteiger partial charge in [0.25, 0.3) is 0 Å². The lowest BCUT2D eigenvalue weighted by Gasteiger charge is -2.10. The van der Waals surface area contributed by atoms with Crippen molar-refractivity contribution in [2.75, 3.05) is 0 Å². The summed E-state index contributed by atoms with van der Waals surface area (Å²) in [6.07, 6.45) is 3.61. The number of aromatic carboxylic acids is 1. The molecule has 2 N–H and O–H groups in total. The normalized spacial score (nSPS) is 12.6. The number of aromatic nitrogens is 2. The van der Waals surface area contributed by atoms with E-state index in [0.29, 0.717) is 12.3 Å². The van der Waals surface area contributed by atoms with Gasteiger partial charge in [-0.3, -0.25) is 0 Å². The predicted molar refractivity (Wildman–Crippen MR) is 64.1 cm³/mol. The van der Waals surface area contributed by atoms with Crippen LogP contribution in [0.15, 0.2) is 28.9 Å². The second-order valence-corrected chi connectivity index (χ2v) is 4.06. The summed E-state index contributed by atoms with van der Waals surface area (Å²) in [7, 11) is 1.92. The van der Waals surface area contributed by atoms with Crippen LogP contribution < -0.4 is 5.32 Å². The maximum absolute atomic E-state index is 10.7. The Morgan fingerprint density at radius 2 is 2.39 bits per heavy atom. The minimum absolute atomic E-state index is 0.0457. The lowest BCUT2D eigenvalue weighted by Crippen LogP contribution is -2.19. The van der Waals surface area contributed by atoms with Crippen molar-refractivity contribution in [2.45, 2.75) is 19.5 Å². The number of hydrogen-bond acceptors (Lipinski definition) is 4. The molecule has 1 atom stereocenters. The summed E-state index contributed by atoms with van der Waals surface area (Å²) in [5, 5.41) is 12.0. The minimum atomic E-state index is -1.06. The van der Waals surface area contributed by atoms with Crippen LogP contribution in [0, 0.1) is 0 Å². The van der Waals surface area contributed by atoms with Crippen LogP contribution in [0.3, 0.4) is 0 Å². The van der Waals surface area contributed by atoms with Crippen LogP contribution in [-0.4, -0.2) is 20.6 Å². The number of carboxylic acid groups (broad SMARTS) is 1. The SMILES string of the molecule is CC(NCc1nccn1C)c1ccc(C(=O)O)o1. The van der Waals surface area contributed by atoms with Crippen molar-refractivity contribution in [3.63, 3.8) is 0 Å². The topological polar surface area (TPSA) is 80.3 Å². The molecule has 6 heteroatoms. The fraction of sp³-hybridized carbons (Fsp3) is 0.333. The Balaban J connectivity index is 1.97. The smallest absolute Gasteiger partial charge is 0.371 e. The van der Waals surface area contributed by atoms with Gasteiger partial charge in [-0.25, -0.2) is 9.78 Å². The van der Waals surface area contributed by atoms with Gasteiger partial charge in [0.1, 0.15) is 11.6 Å². The number of nitrogens with one attached hydrogen (secondary N) is 1. The molecule has 1 unspecified atom stereocenters. The molecule has 0 bridgehead atoms. The Bertz CT molecular complexity index is 544. The summed E-state index contributed by atoms with van der Waals surface area (Å²) >= 11 is 0. The van der Waals surface area contributed by atoms with Crippen molar-refractivity contribution in [2.24, 2.45) is 7.05 Å². The molecule has 0 spiro atoms. The molecule has 0 aliphatic rings. The number of hydrogen-bond donors (Lipinski definition) is 2. The van der Waals surface area contributed by atoms with Gasteiger partial charge < -0.3 is 19.4 Å². The molecule has 0 saturated carbocycles. The van der Waals surface area contributed by atoms with E-state index in [2.05, 4.69) is 10.3 Å². The Labute approximate surface area is 104 Å². The first kappa shape index (κ1) is 12.4. The molecule has 0 saturated heterocycles. The van der Waals surface area contributed by atoms with E-state index in [1.165, 1.54) is 6.07 Å². The summed E-state index contributed by atoms with van der Waals surface area (Å²) in [5.41, 5.74) is 0. The van der Waals surface area contributed by atoms with E-state index in [0.717, 1.165) is 5.82 Å². The van der Waals surface area contributed by atoms with Crippen LogP contribution in [0.5, 0.6) is 0 Å². The van der Waals surface area contributed by atoms with Crippen molar-refractivity contribution in [1.29, 1.82) is 0 Å². The van der Waals surface area contributed by atoms with Gasteiger partial charge in [-0.05, 0) is 19.1 Å². The van der Waals surface area contributed by atoms with Crippen molar-refractivity contribution in [3.05, 3.63) is 41.9 Å². The average molecular weight is 249 g/mol. The highest BCUT2D eigenvalue weighted by molar-refractivity contribution is 5.84. The maximum atomic E-state index is 10.7. The van der Waals surface area contributed by atoms with Gasteiger partial charge >= 0.3 is 5.97 Å². The molecule has 0 amide bonds. The van der Waals surface area contributed by atoms with E-state index >= 15 is 0 Å². The fourth-order valence-corrected chi connectivity index (χ4v) is 1.61. The van der Waals surface area contributed by atoms with E-state index in [1.807, 2.05) is 24.7 Å². The molecule has 2 rings (SSSR count). The van der Waals surface area contributed by atoms with Gasteiger partial charge in [-0.2, -0.15) is 0 Å². The number of rotatable bonds is 5. The van der Waals surface area contributed by atoms with E-state index in [-0.39, 0.29) is 11.8 Å². The first-order valence-electron chi connectivity index (χ1n) is 5.60. The van der Waals surface area contributed by atoms with Crippen molar-refractivity contribution < 1.29 is 14.3 Å². The van der Waals surface area contributed by atoms with Gasteiger partial charge in [-0.1, -0.05) is 0 Å². The number of carboxylic acids is 1. The quantitative estimate of drug-likeness (QED) is 0.840. The fourth-order valence-electron chi connectivity index (χ4n) is 1.61. The zero-order chi connectivity index (χ0) is 13.1. The molecule has 2 heterocycles. The van der Waals surface area contributed by atoms with Crippen molar-refractivity contribution >= 4 is 5.97 Å². The monoisotopic (exact) mass is 249 g/mol. The Hall–Kier alpha value is -2.08. The Kier molecular flexibility index (Phi) is 3.47. The van der Waals surface area contributed by atoms with Crippen LogP contribution >= 0.6 is 0 Å². The van der Waals surface area contributed by atoms with Crippen LogP contribution in [0.4, 0.5) is 0 Å². The molecular formula is C12H15N3O3. The molecule has 6 nitrogen and oxygen atoms in total. The highest BCUT2D eigenvalue weighted by Crippen LogP contribution is 2.16. The highest BCUT2D eigenvalue weighted by Gasteiger charge is 2.14. The van der Waals surface area contributed by atoms with Crippen LogP contribution in [0.2, 0.25) is 0 Å². The summed E-state index contributed by atoms with van der Waals surface area (Å²) in [5.74, 6) is 0.404. The van der Waals surface area contributed by atoms with Gasteiger partial charge in [0.15, 0.2) is 0 Å². The number of imidazole rings is 1. The third-order valence-corrected chi connectivity index (χ3v) is 2.75. The van der Waals surface area contributed by atoms with Gasteiger partial charge in [0.05, 0.1) is 12.6 Å². The largest absolute Gasteiger partial charge is 0.475 e. The second-order valence-electron chi connectivity index (χ2n) is 4.06. The number of carbonyl (C=O) groups is 1. The average Bonchev–Trinajstić information content (AvgIpc) is 2.94. The molecule has 0 aliphatic heterocycles. The standard InChI is InChI=1S/C12H15N3O3/c1-8(9-3-4-10(18-9)12(16)17)14-7-11-13-5-6-15(11)2/h3-6,8,14H,7H2,1-2H3,(H,16,17). The summed E-state index contributed by atoms with van der Waals surface area (Å²) in [6, 6.07) is 3.05. The van der Waals surface area contributed by atoms with Crippen LogP contribution in [-0.2, 0) is 13.6 Å². The Morgan fingerprint density at radius 1 is 1.61 bits per heavy atom. The van der Waals surface area contributed by atoms with Crippen molar-refractivity contribution in [1.82, 2.24) is 14.9 Å².